The maximum absolute atomic E-state index is 12.9. The number of hydrogen-bond acceptors (Lipinski definition) is 4. The second-order valence-corrected chi connectivity index (χ2v) is 9.15. The van der Waals surface area contributed by atoms with Crippen LogP contribution >= 0.6 is 11.6 Å². The molecule has 0 aromatic heterocycles. The zero-order valence-electron chi connectivity index (χ0n) is 17.7. The maximum atomic E-state index is 12.9. The second-order valence-electron chi connectivity index (χ2n) is 8.72. The van der Waals surface area contributed by atoms with E-state index in [2.05, 4.69) is 5.32 Å². The Morgan fingerprint density at radius 2 is 1.59 bits per heavy atom. The average molecular weight is 447 g/mol. The highest BCUT2D eigenvalue weighted by atomic mass is 35.5. The molecule has 1 amide bonds. The molecule has 6 heteroatoms. The lowest BCUT2D eigenvalue weighted by Crippen LogP contribution is -2.40. The molecule has 0 saturated heterocycles. The topological polar surface area (TPSA) is 58.6 Å². The van der Waals surface area contributed by atoms with E-state index in [9.17, 15) is 9.59 Å². The molecule has 1 saturated carbocycles. The molecule has 0 radical (unpaired) electrons. The summed E-state index contributed by atoms with van der Waals surface area (Å²) in [6.07, 6.45) is 2.65. The molecule has 2 aliphatic rings. The van der Waals surface area contributed by atoms with Gasteiger partial charge < -0.3 is 10.2 Å². The zero-order chi connectivity index (χ0) is 22.3. The third-order valence-electron chi connectivity index (χ3n) is 6.37. The van der Waals surface area contributed by atoms with Crippen LogP contribution in [0.3, 0.4) is 0 Å². The Balaban J connectivity index is 1.29. The van der Waals surface area contributed by atoms with Crippen molar-refractivity contribution in [1.29, 1.82) is 0 Å². The van der Waals surface area contributed by atoms with Gasteiger partial charge in [-0.25, -0.2) is 4.79 Å². The molecule has 0 unspecified atom stereocenters. The molecule has 3 aromatic rings. The lowest BCUT2D eigenvalue weighted by molar-refractivity contribution is -0.195. The maximum Gasteiger partial charge on any atom is 0.338 e. The number of nitrogens with one attached hydrogen (secondary N) is 1. The van der Waals surface area contributed by atoms with Crippen molar-refractivity contribution in [2.24, 2.45) is 5.41 Å². The van der Waals surface area contributed by atoms with E-state index < -0.39 is 5.41 Å². The summed E-state index contributed by atoms with van der Waals surface area (Å²) in [5, 5.41) is 5.23. The fraction of sp³-hybridized carbons (Fsp3) is 0.231. The number of carbonyl (C=O) groups is 2. The van der Waals surface area contributed by atoms with Gasteiger partial charge in [0.05, 0.1) is 12.0 Å². The summed E-state index contributed by atoms with van der Waals surface area (Å²) in [7, 11) is 0. The molecule has 5 rings (SSSR count). The van der Waals surface area contributed by atoms with Gasteiger partial charge in [0.1, 0.15) is 0 Å². The number of halogens is 1. The molecule has 1 aliphatic carbocycles. The standard InChI is InChI=1S/C26H23ClN2O3/c1-26(13-2-14-26)25(31)32-29-16-19-4-3-18(15-23(19)24(29)30)17-5-9-21(10-6-17)28-22-11-7-20(27)8-12-22/h3-12,15,28H,2,13-14,16H2,1H3. The number of rotatable bonds is 5. The van der Waals surface area contributed by atoms with Crippen molar-refractivity contribution in [2.75, 3.05) is 5.32 Å². The minimum atomic E-state index is -0.456. The van der Waals surface area contributed by atoms with Crippen molar-refractivity contribution in [3.8, 4) is 11.1 Å². The number of hydroxylamine groups is 2. The van der Waals surface area contributed by atoms with Crippen molar-refractivity contribution >= 4 is 34.9 Å². The van der Waals surface area contributed by atoms with Crippen molar-refractivity contribution in [3.05, 3.63) is 82.9 Å². The van der Waals surface area contributed by atoms with E-state index in [4.69, 9.17) is 16.4 Å². The van der Waals surface area contributed by atoms with Crippen LogP contribution in [-0.2, 0) is 16.2 Å². The molecular weight excluding hydrogens is 424 g/mol. The van der Waals surface area contributed by atoms with Crippen molar-refractivity contribution in [2.45, 2.75) is 32.7 Å². The monoisotopic (exact) mass is 446 g/mol. The van der Waals surface area contributed by atoms with Crippen LogP contribution in [0.15, 0.2) is 66.7 Å². The normalized spacial score (nSPS) is 16.3. The predicted molar refractivity (Wildman–Crippen MR) is 125 cm³/mol. The number of fused-ring (bicyclic) bond motifs is 1. The van der Waals surface area contributed by atoms with Crippen molar-refractivity contribution < 1.29 is 14.4 Å². The quantitative estimate of drug-likeness (QED) is 0.495. The highest BCUT2D eigenvalue weighted by Gasteiger charge is 2.43. The van der Waals surface area contributed by atoms with Crippen LogP contribution in [0.2, 0.25) is 5.02 Å². The van der Waals surface area contributed by atoms with Gasteiger partial charge in [0.25, 0.3) is 5.91 Å². The second kappa shape index (κ2) is 7.99. The van der Waals surface area contributed by atoms with Crippen LogP contribution in [0.5, 0.6) is 0 Å². The third kappa shape index (κ3) is 3.84. The van der Waals surface area contributed by atoms with E-state index in [1.54, 1.807) is 0 Å². The smallest absolute Gasteiger partial charge is 0.338 e. The molecule has 1 aliphatic heterocycles. The summed E-state index contributed by atoms with van der Waals surface area (Å²) in [6, 6.07) is 21.3. The Labute approximate surface area is 191 Å². The summed E-state index contributed by atoms with van der Waals surface area (Å²) in [6.45, 7) is 2.19. The lowest BCUT2D eigenvalue weighted by Gasteiger charge is -2.36. The number of hydrogen-bond donors (Lipinski definition) is 1. The van der Waals surface area contributed by atoms with Crippen LogP contribution in [-0.4, -0.2) is 16.9 Å². The van der Waals surface area contributed by atoms with Gasteiger partial charge in [-0.2, -0.15) is 5.06 Å². The number of benzene rings is 3. The summed E-state index contributed by atoms with van der Waals surface area (Å²) in [4.78, 5) is 30.8. The largest absolute Gasteiger partial charge is 0.356 e. The first-order valence-corrected chi connectivity index (χ1v) is 11.1. The first-order chi connectivity index (χ1) is 15.4. The number of nitrogens with zero attached hydrogens (tertiary/aromatic N) is 1. The van der Waals surface area contributed by atoms with Crippen LogP contribution < -0.4 is 5.32 Å². The van der Waals surface area contributed by atoms with E-state index in [1.165, 1.54) is 5.06 Å². The van der Waals surface area contributed by atoms with Gasteiger partial charge in [-0.05, 0) is 78.9 Å². The number of carbonyl (C=O) groups excluding carboxylic acids is 2. The Morgan fingerprint density at radius 1 is 0.969 bits per heavy atom. The van der Waals surface area contributed by atoms with Gasteiger partial charge in [-0.1, -0.05) is 42.3 Å². The zero-order valence-corrected chi connectivity index (χ0v) is 18.5. The van der Waals surface area contributed by atoms with Crippen LogP contribution in [0.1, 0.15) is 42.1 Å². The van der Waals surface area contributed by atoms with Gasteiger partial charge in [0, 0.05) is 22.0 Å². The summed E-state index contributed by atoms with van der Waals surface area (Å²) < 4.78 is 0. The molecule has 0 atom stereocenters. The highest BCUT2D eigenvalue weighted by molar-refractivity contribution is 6.30. The average Bonchev–Trinajstić information content (AvgIpc) is 3.09. The van der Waals surface area contributed by atoms with Gasteiger partial charge in [0.15, 0.2) is 0 Å². The third-order valence-corrected chi connectivity index (χ3v) is 6.63. The number of anilines is 2. The van der Waals surface area contributed by atoms with Crippen molar-refractivity contribution in [3.63, 3.8) is 0 Å². The first kappa shape index (κ1) is 20.6. The van der Waals surface area contributed by atoms with Crippen LogP contribution in [0.25, 0.3) is 11.1 Å². The van der Waals surface area contributed by atoms with Gasteiger partial charge in [0.2, 0.25) is 0 Å². The minimum Gasteiger partial charge on any atom is -0.356 e. The molecule has 0 bridgehead atoms. The van der Waals surface area contributed by atoms with E-state index in [0.717, 1.165) is 47.3 Å². The van der Waals surface area contributed by atoms with Crippen LogP contribution in [0, 0.1) is 5.41 Å². The molecule has 0 spiro atoms. The first-order valence-electron chi connectivity index (χ1n) is 10.7. The Bertz CT molecular complexity index is 1180. The Kier molecular flexibility index (Phi) is 5.14. The lowest BCUT2D eigenvalue weighted by atomic mass is 9.71. The molecule has 162 valence electrons. The van der Waals surface area contributed by atoms with Crippen molar-refractivity contribution in [1.82, 2.24) is 5.06 Å². The molecule has 1 heterocycles. The van der Waals surface area contributed by atoms with E-state index in [0.29, 0.717) is 17.1 Å². The van der Waals surface area contributed by atoms with E-state index in [-0.39, 0.29) is 11.9 Å². The fourth-order valence-electron chi connectivity index (χ4n) is 4.09. The SMILES string of the molecule is CC1(C(=O)ON2Cc3ccc(-c4ccc(Nc5ccc(Cl)cc5)cc4)cc3C2=O)CCC1. The predicted octanol–water partition coefficient (Wildman–Crippen LogP) is 6.35. The molecule has 32 heavy (non-hydrogen) atoms. The fourth-order valence-corrected chi connectivity index (χ4v) is 4.22. The molecule has 1 N–H and O–H groups in total. The number of amides is 1. The van der Waals surface area contributed by atoms with Gasteiger partial charge >= 0.3 is 5.97 Å². The van der Waals surface area contributed by atoms with E-state index >= 15 is 0 Å². The molecular formula is C26H23ClN2O3. The molecule has 3 aromatic carbocycles. The Hall–Kier alpha value is -3.31. The summed E-state index contributed by atoms with van der Waals surface area (Å²) in [5.74, 6) is -0.576. The van der Waals surface area contributed by atoms with Gasteiger partial charge in [-0.15, -0.1) is 0 Å². The van der Waals surface area contributed by atoms with Gasteiger partial charge in [-0.3, -0.25) is 4.79 Å². The molecule has 1 fully saturated rings. The summed E-state index contributed by atoms with van der Waals surface area (Å²) >= 11 is 5.94. The van der Waals surface area contributed by atoms with E-state index in [1.807, 2.05) is 73.7 Å². The minimum absolute atomic E-state index is 0.265. The van der Waals surface area contributed by atoms with Crippen LogP contribution in [0.4, 0.5) is 11.4 Å². The summed E-state index contributed by atoms with van der Waals surface area (Å²) in [5.41, 5.74) is 4.84. The molecule has 5 nitrogen and oxygen atoms in total. The highest BCUT2D eigenvalue weighted by Crippen LogP contribution is 2.42. The Morgan fingerprint density at radius 3 is 2.22 bits per heavy atom.